The molecule has 232 valence electrons. The maximum Gasteiger partial charge on any atom is 0.410 e. The lowest BCUT2D eigenvalue weighted by molar-refractivity contribution is -0.0213. The van der Waals surface area contributed by atoms with Crippen molar-refractivity contribution in [2.75, 3.05) is 39.0 Å². The van der Waals surface area contributed by atoms with E-state index in [0.717, 1.165) is 43.1 Å². The largest absolute Gasteiger partial charge is 0.496 e. The summed E-state index contributed by atoms with van der Waals surface area (Å²) in [6.07, 6.45) is 1.38. The first kappa shape index (κ1) is 30.8. The van der Waals surface area contributed by atoms with Gasteiger partial charge in [0.1, 0.15) is 40.3 Å². The summed E-state index contributed by atoms with van der Waals surface area (Å²) in [4.78, 5) is 29.1. The summed E-state index contributed by atoms with van der Waals surface area (Å²) in [5.74, 6) is -0.341. The summed E-state index contributed by atoms with van der Waals surface area (Å²) >= 11 is 0. The fourth-order valence-corrected chi connectivity index (χ4v) is 5.61. The van der Waals surface area contributed by atoms with Gasteiger partial charge in [0.2, 0.25) is 0 Å². The van der Waals surface area contributed by atoms with Crippen LogP contribution in [0.4, 0.5) is 15.0 Å². The molecule has 0 atom stereocenters. The number of likely N-dealkylation sites (tertiary alicyclic amines) is 2. The summed E-state index contributed by atoms with van der Waals surface area (Å²) in [5, 5.41) is 17.5. The van der Waals surface area contributed by atoms with Crippen LogP contribution in [0.15, 0.2) is 42.5 Å². The van der Waals surface area contributed by atoms with Gasteiger partial charge in [-0.3, -0.25) is 9.69 Å². The monoisotopic (exact) mass is 603 g/mol. The standard InChI is InChI=1S/C32H38FN7O4/c1-32(2,3)44-31(42)39-18-24(19-39)38-13-11-23(12-14-38)40-29(35)26(16-34)28(37-40)21-7-5-20(6-8-21)17-36-30(41)25-15-22(33)9-10-27(25)43-4/h5-10,15,23-24H,11-14,17-19,35H2,1-4H3,(H,36,41). The van der Waals surface area contributed by atoms with Crippen molar-refractivity contribution < 1.29 is 23.5 Å². The second-order valence-electron chi connectivity index (χ2n) is 12.2. The number of rotatable bonds is 7. The molecule has 2 fully saturated rings. The van der Waals surface area contributed by atoms with Crippen molar-refractivity contribution in [3.05, 3.63) is 65.0 Å². The van der Waals surface area contributed by atoms with E-state index in [1.54, 1.807) is 9.58 Å². The zero-order valence-electron chi connectivity index (χ0n) is 25.5. The number of nitrogens with one attached hydrogen (secondary N) is 1. The second-order valence-corrected chi connectivity index (χ2v) is 12.2. The highest BCUT2D eigenvalue weighted by molar-refractivity contribution is 5.96. The summed E-state index contributed by atoms with van der Waals surface area (Å²) in [6, 6.07) is 13.7. The Morgan fingerprint density at radius 3 is 2.41 bits per heavy atom. The van der Waals surface area contributed by atoms with Gasteiger partial charge in [-0.05, 0) is 57.4 Å². The predicted molar refractivity (Wildman–Crippen MR) is 162 cm³/mol. The van der Waals surface area contributed by atoms with E-state index >= 15 is 0 Å². The van der Waals surface area contributed by atoms with E-state index in [0.29, 0.717) is 36.2 Å². The molecule has 3 heterocycles. The zero-order valence-corrected chi connectivity index (χ0v) is 25.5. The van der Waals surface area contributed by atoms with Crippen LogP contribution in [0, 0.1) is 17.1 Å². The number of hydrogen-bond donors (Lipinski definition) is 2. The first-order chi connectivity index (χ1) is 21.0. The minimum Gasteiger partial charge on any atom is -0.496 e. The SMILES string of the molecule is COc1ccc(F)cc1C(=O)NCc1ccc(-c2nn(C3CCN(C4CN(C(=O)OC(C)(C)C)C4)CC3)c(N)c2C#N)cc1. The molecule has 5 rings (SSSR count). The van der Waals surface area contributed by atoms with Crippen molar-refractivity contribution in [3.63, 3.8) is 0 Å². The van der Waals surface area contributed by atoms with Gasteiger partial charge >= 0.3 is 6.09 Å². The average Bonchev–Trinajstić information content (AvgIpc) is 3.30. The van der Waals surface area contributed by atoms with Crippen molar-refractivity contribution in [1.82, 2.24) is 24.9 Å². The molecule has 0 spiro atoms. The lowest BCUT2D eigenvalue weighted by Gasteiger charge is -2.47. The van der Waals surface area contributed by atoms with Crippen LogP contribution in [0.25, 0.3) is 11.3 Å². The summed E-state index contributed by atoms with van der Waals surface area (Å²) in [5.41, 5.74) is 8.45. The molecule has 0 saturated carbocycles. The van der Waals surface area contributed by atoms with Crippen LogP contribution in [0.2, 0.25) is 0 Å². The molecule has 0 radical (unpaired) electrons. The van der Waals surface area contributed by atoms with Gasteiger partial charge in [0, 0.05) is 44.3 Å². The minimum absolute atomic E-state index is 0.0587. The van der Waals surface area contributed by atoms with Crippen LogP contribution in [-0.4, -0.2) is 76.5 Å². The summed E-state index contributed by atoms with van der Waals surface area (Å²) in [7, 11) is 1.42. The number of hydrogen-bond acceptors (Lipinski definition) is 8. The number of carbonyl (C=O) groups excluding carboxylic acids is 2. The number of methoxy groups -OCH3 is 1. The van der Waals surface area contributed by atoms with E-state index in [9.17, 15) is 19.2 Å². The van der Waals surface area contributed by atoms with E-state index < -0.39 is 17.3 Å². The Morgan fingerprint density at radius 2 is 1.80 bits per heavy atom. The molecule has 3 N–H and O–H groups in total. The van der Waals surface area contributed by atoms with Gasteiger partial charge in [0.15, 0.2) is 0 Å². The van der Waals surface area contributed by atoms with Gasteiger partial charge < -0.3 is 25.4 Å². The first-order valence-electron chi connectivity index (χ1n) is 14.7. The maximum absolute atomic E-state index is 13.7. The molecular formula is C32H38FN7O4. The minimum atomic E-state index is -0.525. The number of carbonyl (C=O) groups is 2. The van der Waals surface area contributed by atoms with Gasteiger partial charge in [-0.25, -0.2) is 13.9 Å². The van der Waals surface area contributed by atoms with Crippen LogP contribution in [0.5, 0.6) is 5.75 Å². The average molecular weight is 604 g/mol. The van der Waals surface area contributed by atoms with Gasteiger partial charge in [-0.2, -0.15) is 10.4 Å². The normalized spacial score (nSPS) is 16.2. The third-order valence-electron chi connectivity index (χ3n) is 8.02. The number of piperidine rings is 1. The molecule has 0 aliphatic carbocycles. The van der Waals surface area contributed by atoms with Crippen LogP contribution in [0.3, 0.4) is 0 Å². The molecule has 12 heteroatoms. The number of nitriles is 1. The Labute approximate surface area is 256 Å². The molecule has 44 heavy (non-hydrogen) atoms. The third-order valence-corrected chi connectivity index (χ3v) is 8.02. The van der Waals surface area contributed by atoms with E-state index in [1.807, 2.05) is 45.0 Å². The highest BCUT2D eigenvalue weighted by atomic mass is 19.1. The van der Waals surface area contributed by atoms with Crippen molar-refractivity contribution in [2.45, 2.75) is 57.8 Å². The molecule has 2 amide bonds. The van der Waals surface area contributed by atoms with Crippen LogP contribution < -0.4 is 15.8 Å². The summed E-state index contributed by atoms with van der Waals surface area (Å²) < 4.78 is 26.1. The molecule has 2 saturated heterocycles. The van der Waals surface area contributed by atoms with E-state index in [1.165, 1.54) is 19.2 Å². The topological polar surface area (TPSA) is 139 Å². The Hall–Kier alpha value is -4.63. The number of anilines is 1. The van der Waals surface area contributed by atoms with Crippen LogP contribution in [-0.2, 0) is 11.3 Å². The Kier molecular flexibility index (Phi) is 8.78. The van der Waals surface area contributed by atoms with Gasteiger partial charge in [0.05, 0.1) is 18.7 Å². The molecular weight excluding hydrogens is 565 g/mol. The molecule has 2 aliphatic heterocycles. The van der Waals surface area contributed by atoms with Crippen LogP contribution >= 0.6 is 0 Å². The Balaban J connectivity index is 1.19. The fourth-order valence-electron chi connectivity index (χ4n) is 5.61. The zero-order chi connectivity index (χ0) is 31.6. The number of benzene rings is 2. The van der Waals surface area contributed by atoms with Crippen molar-refractivity contribution in [1.29, 1.82) is 5.26 Å². The van der Waals surface area contributed by atoms with Crippen molar-refractivity contribution >= 4 is 17.8 Å². The quantitative estimate of drug-likeness (QED) is 0.407. The predicted octanol–water partition coefficient (Wildman–Crippen LogP) is 4.34. The highest BCUT2D eigenvalue weighted by Gasteiger charge is 2.39. The smallest absolute Gasteiger partial charge is 0.410 e. The number of nitrogens with zero attached hydrogens (tertiary/aromatic N) is 5. The number of amides is 2. The number of nitrogen functional groups attached to an aromatic ring is 1. The van der Waals surface area contributed by atoms with Crippen LogP contribution in [0.1, 0.15) is 61.1 Å². The lowest BCUT2D eigenvalue weighted by Crippen LogP contribution is -2.62. The van der Waals surface area contributed by atoms with Gasteiger partial charge in [0.25, 0.3) is 5.91 Å². The second kappa shape index (κ2) is 12.5. The summed E-state index contributed by atoms with van der Waals surface area (Å²) in [6.45, 7) is 8.81. The maximum atomic E-state index is 13.7. The van der Waals surface area contributed by atoms with Gasteiger partial charge in [-0.1, -0.05) is 24.3 Å². The van der Waals surface area contributed by atoms with E-state index in [-0.39, 0.29) is 30.0 Å². The number of nitrogens with two attached hydrogens (primary N) is 1. The van der Waals surface area contributed by atoms with Crippen molar-refractivity contribution in [3.8, 4) is 23.1 Å². The molecule has 2 aliphatic rings. The lowest BCUT2D eigenvalue weighted by atomic mass is 10.00. The molecule has 0 bridgehead atoms. The third kappa shape index (κ3) is 6.63. The van der Waals surface area contributed by atoms with Gasteiger partial charge in [-0.15, -0.1) is 0 Å². The Morgan fingerprint density at radius 1 is 1.11 bits per heavy atom. The number of halogens is 1. The molecule has 0 unspecified atom stereocenters. The van der Waals surface area contributed by atoms with E-state index in [4.69, 9.17) is 20.3 Å². The van der Waals surface area contributed by atoms with E-state index in [2.05, 4.69) is 16.3 Å². The fraction of sp³-hybridized carbons (Fsp3) is 0.438. The molecule has 1 aromatic heterocycles. The first-order valence-corrected chi connectivity index (χ1v) is 14.7. The highest BCUT2D eigenvalue weighted by Crippen LogP contribution is 2.33. The number of aromatic nitrogens is 2. The van der Waals surface area contributed by atoms with Crippen molar-refractivity contribution in [2.24, 2.45) is 0 Å². The Bertz CT molecular complexity index is 1560. The molecule has 3 aromatic rings. The molecule has 11 nitrogen and oxygen atoms in total. The molecule has 2 aromatic carbocycles. The number of ether oxygens (including phenoxy) is 2.